The normalized spacial score (nSPS) is 17.6. The Morgan fingerprint density at radius 3 is 2.56 bits per heavy atom. The number of carbonyl (C=O) groups excluding carboxylic acids is 2. The number of rotatable bonds is 5. The van der Waals surface area contributed by atoms with Gasteiger partial charge in [0.25, 0.3) is 0 Å². The van der Waals surface area contributed by atoms with Gasteiger partial charge in [-0.3, -0.25) is 9.59 Å². The van der Waals surface area contributed by atoms with Gasteiger partial charge >= 0.3 is 0 Å². The number of amides is 2. The zero-order valence-corrected chi connectivity index (χ0v) is 17.4. The lowest BCUT2D eigenvalue weighted by Crippen LogP contribution is -2.33. The maximum absolute atomic E-state index is 13.5. The van der Waals surface area contributed by atoms with Gasteiger partial charge < -0.3 is 10.2 Å². The van der Waals surface area contributed by atoms with Gasteiger partial charge in [0.2, 0.25) is 11.8 Å². The molecule has 2 amide bonds. The largest absolute Gasteiger partial charge is 0.350 e. The first-order valence-electron chi connectivity index (χ1n) is 10.7. The maximum Gasteiger partial charge on any atom is 0.227 e. The lowest BCUT2D eigenvalue weighted by molar-refractivity contribution is -0.126. The molecule has 0 bridgehead atoms. The number of fused-ring (bicyclic) bond motifs is 1. The minimum atomic E-state index is -0.761. The smallest absolute Gasteiger partial charge is 0.227 e. The van der Waals surface area contributed by atoms with Crippen molar-refractivity contribution in [3.63, 3.8) is 0 Å². The van der Waals surface area contributed by atoms with Gasteiger partial charge in [-0.1, -0.05) is 18.2 Å². The summed E-state index contributed by atoms with van der Waals surface area (Å²) in [6, 6.07) is 12.8. The first-order chi connectivity index (χ1) is 15.5. The van der Waals surface area contributed by atoms with Crippen LogP contribution in [0.25, 0.3) is 5.69 Å². The number of anilines is 1. The number of nitrogens with one attached hydrogen (secondary N) is 1. The second-order valence-electron chi connectivity index (χ2n) is 8.22. The van der Waals surface area contributed by atoms with E-state index in [-0.39, 0.29) is 37.0 Å². The van der Waals surface area contributed by atoms with Crippen molar-refractivity contribution in [2.24, 2.45) is 5.92 Å². The van der Waals surface area contributed by atoms with Gasteiger partial charge in [-0.25, -0.2) is 13.5 Å². The van der Waals surface area contributed by atoms with E-state index in [2.05, 4.69) is 5.32 Å². The SMILES string of the molecule is O=C(NCc1nn(-c2ccccc2)c2c1CCC2)C1CC(=O)N(c2cc(F)cc(F)c2)C1. The fraction of sp³-hybridized carbons (Fsp3) is 0.292. The quantitative estimate of drug-likeness (QED) is 0.667. The molecule has 3 aromatic rings. The third-order valence-electron chi connectivity index (χ3n) is 6.10. The Balaban J connectivity index is 1.28. The summed E-state index contributed by atoms with van der Waals surface area (Å²) in [7, 11) is 0. The van der Waals surface area contributed by atoms with Crippen LogP contribution in [0.2, 0.25) is 0 Å². The second-order valence-corrected chi connectivity index (χ2v) is 8.22. The minimum Gasteiger partial charge on any atom is -0.350 e. The standard InChI is InChI=1S/C24H22F2N4O2/c25-16-10-17(26)12-19(11-16)29-14-15(9-23(29)31)24(32)27-13-21-20-7-4-8-22(20)30(28-21)18-5-2-1-3-6-18/h1-3,5-6,10-12,15H,4,7-9,13-14H2,(H,27,32). The summed E-state index contributed by atoms with van der Waals surface area (Å²) in [5, 5.41) is 7.65. The Kier molecular flexibility index (Phi) is 5.20. The molecule has 6 nitrogen and oxygen atoms in total. The average molecular weight is 436 g/mol. The number of benzene rings is 2. The molecule has 32 heavy (non-hydrogen) atoms. The summed E-state index contributed by atoms with van der Waals surface area (Å²) in [5.74, 6) is -2.70. The number of hydrogen-bond acceptors (Lipinski definition) is 3. The highest BCUT2D eigenvalue weighted by Gasteiger charge is 2.35. The second kappa shape index (κ2) is 8.18. The molecule has 2 aliphatic rings. The highest BCUT2D eigenvalue weighted by Crippen LogP contribution is 2.29. The number of carbonyl (C=O) groups is 2. The van der Waals surface area contributed by atoms with Crippen LogP contribution in [0, 0.1) is 17.6 Å². The number of aromatic nitrogens is 2. The van der Waals surface area contributed by atoms with E-state index in [4.69, 9.17) is 5.10 Å². The van der Waals surface area contributed by atoms with Crippen molar-refractivity contribution in [2.45, 2.75) is 32.2 Å². The molecule has 0 radical (unpaired) electrons. The van der Waals surface area contributed by atoms with E-state index >= 15 is 0 Å². The van der Waals surface area contributed by atoms with Crippen LogP contribution in [0.5, 0.6) is 0 Å². The molecule has 5 rings (SSSR count). The molecule has 8 heteroatoms. The van der Waals surface area contributed by atoms with E-state index in [1.807, 2.05) is 35.0 Å². The van der Waals surface area contributed by atoms with E-state index in [0.29, 0.717) is 0 Å². The van der Waals surface area contributed by atoms with Crippen LogP contribution >= 0.6 is 0 Å². The number of hydrogen-bond donors (Lipinski definition) is 1. The van der Waals surface area contributed by atoms with Crippen molar-refractivity contribution < 1.29 is 18.4 Å². The maximum atomic E-state index is 13.5. The first-order valence-corrected chi connectivity index (χ1v) is 10.7. The predicted molar refractivity (Wildman–Crippen MR) is 114 cm³/mol. The van der Waals surface area contributed by atoms with Gasteiger partial charge in [0.1, 0.15) is 11.6 Å². The van der Waals surface area contributed by atoms with Crippen molar-refractivity contribution in [2.75, 3.05) is 11.4 Å². The Labute approximate surface area is 183 Å². The molecule has 1 fully saturated rings. The lowest BCUT2D eigenvalue weighted by atomic mass is 10.1. The van der Waals surface area contributed by atoms with Crippen LogP contribution in [0.3, 0.4) is 0 Å². The third-order valence-corrected chi connectivity index (χ3v) is 6.10. The van der Waals surface area contributed by atoms with E-state index < -0.39 is 17.6 Å². The summed E-state index contributed by atoms with van der Waals surface area (Å²) in [6.45, 7) is 0.365. The summed E-state index contributed by atoms with van der Waals surface area (Å²) >= 11 is 0. The van der Waals surface area contributed by atoms with Crippen molar-refractivity contribution in [3.05, 3.63) is 77.1 Å². The summed E-state index contributed by atoms with van der Waals surface area (Å²) < 4.78 is 29.0. The highest BCUT2D eigenvalue weighted by atomic mass is 19.1. The molecule has 2 aromatic carbocycles. The number of halogens is 2. The zero-order chi connectivity index (χ0) is 22.2. The van der Waals surface area contributed by atoms with Crippen molar-refractivity contribution in [1.82, 2.24) is 15.1 Å². The van der Waals surface area contributed by atoms with E-state index in [1.54, 1.807) is 0 Å². The molecule has 1 N–H and O–H groups in total. The van der Waals surface area contributed by atoms with Gasteiger partial charge in [-0.2, -0.15) is 5.10 Å². The lowest BCUT2D eigenvalue weighted by Gasteiger charge is -2.17. The minimum absolute atomic E-state index is 0.000524. The third kappa shape index (κ3) is 3.77. The molecular formula is C24H22F2N4O2. The van der Waals surface area contributed by atoms with Crippen molar-refractivity contribution >= 4 is 17.5 Å². The molecule has 2 heterocycles. The zero-order valence-electron chi connectivity index (χ0n) is 17.4. The predicted octanol–water partition coefficient (Wildman–Crippen LogP) is 3.31. The first kappa shape index (κ1) is 20.4. The summed E-state index contributed by atoms with van der Waals surface area (Å²) in [4.78, 5) is 26.4. The Hall–Kier alpha value is -3.55. The fourth-order valence-corrected chi connectivity index (χ4v) is 4.58. The molecule has 1 unspecified atom stereocenters. The molecule has 164 valence electrons. The fourth-order valence-electron chi connectivity index (χ4n) is 4.58. The van der Waals surface area contributed by atoms with Gasteiger partial charge in [0, 0.05) is 30.4 Å². The van der Waals surface area contributed by atoms with Gasteiger partial charge in [-0.15, -0.1) is 0 Å². The van der Waals surface area contributed by atoms with Crippen LogP contribution in [0.15, 0.2) is 48.5 Å². The topological polar surface area (TPSA) is 67.2 Å². The van der Waals surface area contributed by atoms with Crippen LogP contribution in [0.4, 0.5) is 14.5 Å². The van der Waals surface area contributed by atoms with Crippen molar-refractivity contribution in [1.29, 1.82) is 0 Å². The monoisotopic (exact) mass is 436 g/mol. The molecule has 1 aliphatic heterocycles. The van der Waals surface area contributed by atoms with Crippen LogP contribution in [-0.4, -0.2) is 28.1 Å². The van der Waals surface area contributed by atoms with E-state index in [9.17, 15) is 18.4 Å². The molecule has 0 saturated carbocycles. The molecule has 0 spiro atoms. The van der Waals surface area contributed by atoms with Crippen LogP contribution in [-0.2, 0) is 29.0 Å². The van der Waals surface area contributed by atoms with E-state index in [1.165, 1.54) is 16.2 Å². The molecule has 1 atom stereocenters. The Bertz CT molecular complexity index is 1170. The number of nitrogens with zero attached hydrogens (tertiary/aromatic N) is 3. The summed E-state index contributed by atoms with van der Waals surface area (Å²) in [6.07, 6.45) is 2.92. The van der Waals surface area contributed by atoms with Gasteiger partial charge in [0.15, 0.2) is 0 Å². The molecular weight excluding hydrogens is 414 g/mol. The van der Waals surface area contributed by atoms with Crippen LogP contribution < -0.4 is 10.2 Å². The van der Waals surface area contributed by atoms with E-state index in [0.717, 1.165) is 48.8 Å². The average Bonchev–Trinajstić information content (AvgIpc) is 3.47. The Morgan fingerprint density at radius 2 is 1.81 bits per heavy atom. The molecule has 1 aromatic heterocycles. The van der Waals surface area contributed by atoms with Crippen LogP contribution in [0.1, 0.15) is 29.8 Å². The Morgan fingerprint density at radius 1 is 1.06 bits per heavy atom. The number of para-hydroxylation sites is 1. The van der Waals surface area contributed by atoms with Crippen molar-refractivity contribution in [3.8, 4) is 5.69 Å². The highest BCUT2D eigenvalue weighted by molar-refractivity contribution is 6.00. The van der Waals surface area contributed by atoms with Gasteiger partial charge in [-0.05, 0) is 49.1 Å². The molecule has 1 saturated heterocycles. The molecule has 1 aliphatic carbocycles. The summed E-state index contributed by atoms with van der Waals surface area (Å²) in [5.41, 5.74) is 4.30. The van der Waals surface area contributed by atoms with Gasteiger partial charge in [0.05, 0.1) is 23.8 Å².